The molecule has 1 saturated heterocycles. The first-order valence-electron chi connectivity index (χ1n) is 11.0. The third-order valence-corrected chi connectivity index (χ3v) is 6.83. The van der Waals surface area contributed by atoms with Crippen molar-refractivity contribution in [3.05, 3.63) is 36.2 Å². The van der Waals surface area contributed by atoms with Crippen molar-refractivity contribution in [2.24, 2.45) is 11.8 Å². The number of fused-ring (bicyclic) bond motifs is 1. The zero-order valence-corrected chi connectivity index (χ0v) is 17.0. The van der Waals surface area contributed by atoms with Gasteiger partial charge in [-0.2, -0.15) is 5.10 Å². The zero-order valence-electron chi connectivity index (χ0n) is 17.0. The average molecular weight is 378 g/mol. The molecule has 3 heterocycles. The molecule has 5 rings (SSSR count). The number of aromatic nitrogens is 4. The summed E-state index contributed by atoms with van der Waals surface area (Å²) < 4.78 is 2.11. The van der Waals surface area contributed by atoms with Gasteiger partial charge < -0.3 is 10.3 Å². The van der Waals surface area contributed by atoms with Gasteiger partial charge in [-0.3, -0.25) is 4.68 Å². The normalized spacial score (nSPS) is 20.0. The van der Waals surface area contributed by atoms with Gasteiger partial charge in [0.2, 0.25) is 0 Å². The van der Waals surface area contributed by atoms with Crippen LogP contribution in [0.25, 0.3) is 22.4 Å². The van der Waals surface area contributed by atoms with Crippen LogP contribution in [0.15, 0.2) is 30.5 Å². The molecule has 1 unspecified atom stereocenters. The second-order valence-corrected chi connectivity index (χ2v) is 8.90. The molecule has 1 saturated carbocycles. The highest BCUT2D eigenvalue weighted by Crippen LogP contribution is 2.46. The highest BCUT2D eigenvalue weighted by Gasteiger charge is 2.36. The molecule has 5 nitrogen and oxygen atoms in total. The Morgan fingerprint density at radius 1 is 1.04 bits per heavy atom. The van der Waals surface area contributed by atoms with Crippen molar-refractivity contribution in [2.45, 2.75) is 57.9 Å². The highest BCUT2D eigenvalue weighted by molar-refractivity contribution is 5.91. The van der Waals surface area contributed by atoms with E-state index in [-0.39, 0.29) is 0 Å². The summed E-state index contributed by atoms with van der Waals surface area (Å²) in [6, 6.07) is 8.82. The Labute approximate surface area is 166 Å². The SMILES string of the molecule is CC(C)n1nc(-c2ncc(C(C3CCC3)C3CCNCC3)[nH]2)c2ccccc21. The fourth-order valence-electron chi connectivity index (χ4n) is 5.18. The van der Waals surface area contributed by atoms with E-state index in [9.17, 15) is 0 Å². The van der Waals surface area contributed by atoms with Crippen LogP contribution in [-0.2, 0) is 0 Å². The van der Waals surface area contributed by atoms with Gasteiger partial charge in [-0.1, -0.05) is 24.6 Å². The van der Waals surface area contributed by atoms with Gasteiger partial charge in [0.15, 0.2) is 5.82 Å². The number of nitrogens with one attached hydrogen (secondary N) is 2. The zero-order chi connectivity index (χ0) is 19.1. The molecule has 0 spiro atoms. The van der Waals surface area contributed by atoms with E-state index in [2.05, 4.69) is 59.3 Å². The molecule has 2 N–H and O–H groups in total. The molecule has 28 heavy (non-hydrogen) atoms. The van der Waals surface area contributed by atoms with Crippen LogP contribution in [0, 0.1) is 11.8 Å². The molecule has 2 aromatic heterocycles. The summed E-state index contributed by atoms with van der Waals surface area (Å²) in [5, 5.41) is 9.64. The minimum atomic E-state index is 0.325. The predicted octanol–water partition coefficient (Wildman–Crippen LogP) is 4.89. The number of piperidine rings is 1. The molecule has 0 amide bonds. The van der Waals surface area contributed by atoms with Crippen molar-refractivity contribution < 1.29 is 0 Å². The monoisotopic (exact) mass is 377 g/mol. The van der Waals surface area contributed by atoms with E-state index in [0.29, 0.717) is 12.0 Å². The number of hydrogen-bond acceptors (Lipinski definition) is 3. The fourth-order valence-corrected chi connectivity index (χ4v) is 5.18. The summed E-state index contributed by atoms with van der Waals surface area (Å²) in [4.78, 5) is 8.53. The fraction of sp³-hybridized carbons (Fsp3) is 0.565. The Kier molecular flexibility index (Phi) is 4.71. The third kappa shape index (κ3) is 3.06. The summed E-state index contributed by atoms with van der Waals surface area (Å²) >= 11 is 0. The van der Waals surface area contributed by atoms with Crippen molar-refractivity contribution in [3.8, 4) is 11.5 Å². The minimum Gasteiger partial charge on any atom is -0.340 e. The number of para-hydroxylation sites is 1. The standard InChI is InChI=1S/C23H31N5/c1-15(2)28-20-9-4-3-8-18(20)22(27-28)23-25-14-19(26-23)21(16-6-5-7-16)17-10-12-24-13-11-17/h3-4,8-9,14-17,21,24H,5-7,10-13H2,1-2H3,(H,25,26). The lowest BCUT2D eigenvalue weighted by Crippen LogP contribution is -2.35. The molecule has 2 aliphatic rings. The van der Waals surface area contributed by atoms with Gasteiger partial charge in [0.05, 0.1) is 5.52 Å². The number of benzene rings is 1. The number of imidazole rings is 1. The summed E-state index contributed by atoms with van der Waals surface area (Å²) in [5.74, 6) is 3.13. The summed E-state index contributed by atoms with van der Waals surface area (Å²) in [7, 11) is 0. The van der Waals surface area contributed by atoms with Crippen molar-refractivity contribution in [1.82, 2.24) is 25.1 Å². The Morgan fingerprint density at radius 2 is 1.79 bits per heavy atom. The van der Waals surface area contributed by atoms with E-state index in [4.69, 9.17) is 10.1 Å². The van der Waals surface area contributed by atoms with Crippen molar-refractivity contribution >= 4 is 10.9 Å². The van der Waals surface area contributed by atoms with Gasteiger partial charge >= 0.3 is 0 Å². The Hall–Kier alpha value is -2.14. The van der Waals surface area contributed by atoms with Crippen molar-refractivity contribution in [2.75, 3.05) is 13.1 Å². The Morgan fingerprint density at radius 3 is 2.50 bits per heavy atom. The summed E-state index contributed by atoms with van der Waals surface area (Å²) in [6.07, 6.45) is 8.78. The summed E-state index contributed by atoms with van der Waals surface area (Å²) in [5.41, 5.74) is 3.49. The molecule has 3 aromatic rings. The van der Waals surface area contributed by atoms with Crippen LogP contribution in [-0.4, -0.2) is 32.8 Å². The predicted molar refractivity (Wildman–Crippen MR) is 113 cm³/mol. The molecule has 1 aliphatic heterocycles. The lowest BCUT2D eigenvalue weighted by atomic mass is 9.67. The molecule has 0 radical (unpaired) electrons. The van der Waals surface area contributed by atoms with Gasteiger partial charge in [0.25, 0.3) is 0 Å². The lowest BCUT2D eigenvalue weighted by molar-refractivity contribution is 0.176. The minimum absolute atomic E-state index is 0.325. The third-order valence-electron chi connectivity index (χ3n) is 6.83. The molecule has 1 aliphatic carbocycles. The molecule has 2 fully saturated rings. The largest absolute Gasteiger partial charge is 0.340 e. The van der Waals surface area contributed by atoms with E-state index in [1.165, 1.54) is 48.7 Å². The molecule has 1 aromatic carbocycles. The van der Waals surface area contributed by atoms with Crippen LogP contribution in [0.2, 0.25) is 0 Å². The number of H-pyrrole nitrogens is 1. The lowest BCUT2D eigenvalue weighted by Gasteiger charge is -2.40. The van der Waals surface area contributed by atoms with Crippen LogP contribution >= 0.6 is 0 Å². The van der Waals surface area contributed by atoms with E-state index >= 15 is 0 Å². The maximum absolute atomic E-state index is 4.94. The van der Waals surface area contributed by atoms with Crippen LogP contribution in [0.4, 0.5) is 0 Å². The molecule has 5 heteroatoms. The van der Waals surface area contributed by atoms with Crippen LogP contribution in [0.5, 0.6) is 0 Å². The molecular weight excluding hydrogens is 346 g/mol. The van der Waals surface area contributed by atoms with Crippen molar-refractivity contribution in [3.63, 3.8) is 0 Å². The quantitative estimate of drug-likeness (QED) is 0.665. The average Bonchev–Trinajstić information content (AvgIpc) is 3.30. The first-order chi connectivity index (χ1) is 13.7. The van der Waals surface area contributed by atoms with E-state index < -0.39 is 0 Å². The number of rotatable bonds is 5. The smallest absolute Gasteiger partial charge is 0.158 e. The van der Waals surface area contributed by atoms with E-state index in [0.717, 1.165) is 36.4 Å². The first kappa shape index (κ1) is 17.9. The van der Waals surface area contributed by atoms with Crippen LogP contribution in [0.1, 0.15) is 63.6 Å². The number of hydrogen-bond donors (Lipinski definition) is 2. The maximum atomic E-state index is 4.94. The Balaban J connectivity index is 1.52. The molecule has 1 atom stereocenters. The Bertz CT molecular complexity index is 943. The number of aromatic amines is 1. The van der Waals surface area contributed by atoms with Gasteiger partial charge in [-0.15, -0.1) is 0 Å². The second-order valence-electron chi connectivity index (χ2n) is 8.90. The molecule has 148 valence electrons. The van der Waals surface area contributed by atoms with Crippen LogP contribution < -0.4 is 5.32 Å². The van der Waals surface area contributed by atoms with E-state index in [1.807, 2.05) is 0 Å². The summed E-state index contributed by atoms with van der Waals surface area (Å²) in [6.45, 7) is 6.66. The van der Waals surface area contributed by atoms with Crippen molar-refractivity contribution in [1.29, 1.82) is 0 Å². The maximum Gasteiger partial charge on any atom is 0.158 e. The molecule has 0 bridgehead atoms. The molecular formula is C23H31N5. The van der Waals surface area contributed by atoms with Gasteiger partial charge in [-0.25, -0.2) is 4.98 Å². The van der Waals surface area contributed by atoms with Crippen LogP contribution in [0.3, 0.4) is 0 Å². The van der Waals surface area contributed by atoms with Gasteiger partial charge in [0, 0.05) is 29.2 Å². The topological polar surface area (TPSA) is 58.5 Å². The van der Waals surface area contributed by atoms with Gasteiger partial charge in [-0.05, 0) is 70.5 Å². The van der Waals surface area contributed by atoms with E-state index in [1.54, 1.807) is 0 Å². The van der Waals surface area contributed by atoms with Gasteiger partial charge in [0.1, 0.15) is 5.69 Å². The second kappa shape index (κ2) is 7.36. The highest BCUT2D eigenvalue weighted by atomic mass is 15.3. The number of nitrogens with zero attached hydrogens (tertiary/aromatic N) is 3. The first-order valence-corrected chi connectivity index (χ1v) is 11.0.